The van der Waals surface area contributed by atoms with Crippen molar-refractivity contribution in [2.75, 3.05) is 0 Å². The van der Waals surface area contributed by atoms with Crippen molar-refractivity contribution in [2.24, 2.45) is 0 Å². The first-order valence-corrected chi connectivity index (χ1v) is 6.62. The Hall–Kier alpha value is -2.60. The largest absolute Gasteiger partial charge is 0.439 e. The Kier molecular flexibility index (Phi) is 3.22. The molecule has 1 aliphatic rings. The Morgan fingerprint density at radius 2 is 1.80 bits per heavy atom. The number of benzene rings is 1. The third kappa shape index (κ3) is 2.28. The summed E-state index contributed by atoms with van der Waals surface area (Å²) >= 11 is 1.68. The molecule has 0 bridgehead atoms. The Morgan fingerprint density at radius 1 is 1.00 bits per heavy atom. The molecule has 0 amide bonds. The molecule has 0 spiro atoms. The van der Waals surface area contributed by atoms with Crippen LogP contribution in [0.2, 0.25) is 0 Å². The van der Waals surface area contributed by atoms with Gasteiger partial charge in [0.1, 0.15) is 0 Å². The van der Waals surface area contributed by atoms with Crippen molar-refractivity contribution < 1.29 is 14.0 Å². The van der Waals surface area contributed by atoms with Crippen molar-refractivity contribution in [3.63, 3.8) is 0 Å². The highest BCUT2D eigenvalue weighted by Crippen LogP contribution is 2.15. The number of allylic oxidation sites excluding steroid dienone is 2. The van der Waals surface area contributed by atoms with Gasteiger partial charge in [-0.05, 0) is 24.3 Å². The van der Waals surface area contributed by atoms with Crippen molar-refractivity contribution in [3.05, 3.63) is 59.8 Å². The topological polar surface area (TPSA) is 73.1 Å². The van der Waals surface area contributed by atoms with Gasteiger partial charge in [-0.15, -0.1) is 11.3 Å². The fourth-order valence-corrected chi connectivity index (χ4v) is 2.38. The van der Waals surface area contributed by atoms with Crippen LogP contribution in [0.15, 0.2) is 52.7 Å². The second-order valence-electron chi connectivity index (χ2n) is 3.91. The zero-order chi connectivity index (χ0) is 13.9. The van der Waals surface area contributed by atoms with Crippen molar-refractivity contribution in [2.45, 2.75) is 0 Å². The quantitative estimate of drug-likeness (QED) is 0.634. The first-order chi connectivity index (χ1) is 9.75. The first-order valence-electron chi connectivity index (χ1n) is 5.74. The van der Waals surface area contributed by atoms with E-state index in [9.17, 15) is 9.59 Å². The maximum absolute atomic E-state index is 10.9. The predicted molar refractivity (Wildman–Crippen MR) is 73.9 cm³/mol. The number of fused-ring (bicyclic) bond motifs is 2. The van der Waals surface area contributed by atoms with Crippen LogP contribution in [0.25, 0.3) is 10.2 Å². The van der Waals surface area contributed by atoms with E-state index in [4.69, 9.17) is 4.42 Å². The third-order valence-corrected chi connectivity index (χ3v) is 3.46. The highest BCUT2D eigenvalue weighted by molar-refractivity contribution is 7.16. The van der Waals surface area contributed by atoms with Crippen LogP contribution in [-0.4, -0.2) is 21.5 Å². The van der Waals surface area contributed by atoms with Gasteiger partial charge in [0.05, 0.1) is 15.7 Å². The average Bonchev–Trinajstić information content (AvgIpc) is 3.12. The molecule has 3 aromatic rings. The number of rotatable bonds is 0. The predicted octanol–water partition coefficient (Wildman–Crippen LogP) is 2.91. The van der Waals surface area contributed by atoms with Gasteiger partial charge in [-0.3, -0.25) is 9.59 Å². The third-order valence-electron chi connectivity index (χ3n) is 2.65. The van der Waals surface area contributed by atoms with Crippen molar-refractivity contribution in [1.82, 2.24) is 9.97 Å². The Balaban J connectivity index is 0.000000123. The van der Waals surface area contributed by atoms with Gasteiger partial charge in [-0.2, -0.15) is 0 Å². The number of oxazole rings is 1. The second kappa shape index (κ2) is 5.18. The molecular formula is C14H8N2O3S. The summed E-state index contributed by atoms with van der Waals surface area (Å²) < 4.78 is 5.97. The molecule has 4 rings (SSSR count). The molecule has 5 nitrogen and oxygen atoms in total. The minimum atomic E-state index is -0.308. The zero-order valence-electron chi connectivity index (χ0n) is 10.1. The van der Waals surface area contributed by atoms with Crippen LogP contribution in [-0.2, 0) is 0 Å². The number of nitrogens with zero attached hydrogens (tertiary/aromatic N) is 2. The van der Waals surface area contributed by atoms with E-state index in [1.54, 1.807) is 11.3 Å². The van der Waals surface area contributed by atoms with Crippen molar-refractivity contribution >= 4 is 33.1 Å². The number of thiazole rings is 1. The SMILES string of the molecule is O=C1C=CC(=O)c2ocnc21.c1ccc2scnc2c1. The molecule has 1 aliphatic carbocycles. The van der Waals surface area contributed by atoms with Gasteiger partial charge in [0.15, 0.2) is 12.1 Å². The lowest BCUT2D eigenvalue weighted by atomic mass is 10.1. The highest BCUT2D eigenvalue weighted by Gasteiger charge is 2.23. The summed E-state index contributed by atoms with van der Waals surface area (Å²) in [5, 5.41) is 0. The molecule has 0 fully saturated rings. The molecule has 0 saturated heterocycles. The van der Waals surface area contributed by atoms with Gasteiger partial charge < -0.3 is 4.42 Å². The molecule has 0 radical (unpaired) electrons. The molecule has 0 saturated carbocycles. The molecule has 0 atom stereocenters. The van der Waals surface area contributed by atoms with Gasteiger partial charge >= 0.3 is 0 Å². The van der Waals surface area contributed by atoms with Crippen LogP contribution in [0, 0.1) is 0 Å². The Bertz CT molecular complexity index is 754. The zero-order valence-corrected chi connectivity index (χ0v) is 11.0. The summed E-state index contributed by atoms with van der Waals surface area (Å²) in [6.07, 6.45) is 3.45. The molecule has 2 aromatic heterocycles. The van der Waals surface area contributed by atoms with Crippen molar-refractivity contribution in [1.29, 1.82) is 0 Å². The van der Waals surface area contributed by atoms with E-state index >= 15 is 0 Å². The van der Waals surface area contributed by atoms with E-state index in [2.05, 4.69) is 16.0 Å². The Morgan fingerprint density at radius 3 is 2.60 bits per heavy atom. The Labute approximate surface area is 117 Å². The van der Waals surface area contributed by atoms with Gasteiger partial charge in [0, 0.05) is 0 Å². The molecule has 2 heterocycles. The summed E-state index contributed by atoms with van der Waals surface area (Å²) in [7, 11) is 0. The molecule has 20 heavy (non-hydrogen) atoms. The second-order valence-corrected chi connectivity index (χ2v) is 4.80. The standard InChI is InChI=1S/C7H3NO3.C7H5NS/c9-4-1-2-5(10)7-6(4)8-3-11-7;1-2-4-7-6(3-1)8-5-9-7/h1-3H;1-5H. The lowest BCUT2D eigenvalue weighted by Crippen LogP contribution is -2.09. The lowest BCUT2D eigenvalue weighted by Gasteiger charge is -1.96. The van der Waals surface area contributed by atoms with Gasteiger partial charge in [0.25, 0.3) is 0 Å². The van der Waals surface area contributed by atoms with E-state index in [1.807, 2.05) is 23.7 Å². The normalized spacial score (nSPS) is 13.0. The molecule has 0 aliphatic heterocycles. The summed E-state index contributed by atoms with van der Waals surface area (Å²) in [6, 6.07) is 8.13. The summed E-state index contributed by atoms with van der Waals surface area (Å²) in [5.41, 5.74) is 3.07. The maximum atomic E-state index is 10.9. The molecule has 98 valence electrons. The van der Waals surface area contributed by atoms with Crippen LogP contribution >= 0.6 is 11.3 Å². The summed E-state index contributed by atoms with van der Waals surface area (Å²) in [5.74, 6) is -0.553. The monoisotopic (exact) mass is 284 g/mol. The van der Waals surface area contributed by atoms with Crippen LogP contribution in [0.5, 0.6) is 0 Å². The molecule has 6 heteroatoms. The number of hydrogen-bond acceptors (Lipinski definition) is 6. The van der Waals surface area contributed by atoms with E-state index in [-0.39, 0.29) is 23.0 Å². The lowest BCUT2D eigenvalue weighted by molar-refractivity contribution is 0.0974. The molecule has 0 N–H and O–H groups in total. The highest BCUT2D eigenvalue weighted by atomic mass is 32.1. The van der Waals surface area contributed by atoms with Crippen LogP contribution in [0.1, 0.15) is 21.0 Å². The van der Waals surface area contributed by atoms with E-state index in [1.165, 1.54) is 16.9 Å². The summed E-state index contributed by atoms with van der Waals surface area (Å²) in [4.78, 5) is 29.6. The summed E-state index contributed by atoms with van der Waals surface area (Å²) in [6.45, 7) is 0. The maximum Gasteiger partial charge on any atom is 0.223 e. The first kappa shape index (κ1) is 12.4. The average molecular weight is 284 g/mol. The van der Waals surface area contributed by atoms with Gasteiger partial charge in [-0.1, -0.05) is 12.1 Å². The number of hydrogen-bond donors (Lipinski definition) is 0. The number of ketones is 2. The van der Waals surface area contributed by atoms with Gasteiger partial charge in [-0.25, -0.2) is 9.97 Å². The number of carbonyl (C=O) groups excluding carboxylic acids is 2. The molecule has 0 unspecified atom stereocenters. The van der Waals surface area contributed by atoms with Crippen LogP contribution in [0.3, 0.4) is 0 Å². The van der Waals surface area contributed by atoms with E-state index in [0.717, 1.165) is 11.9 Å². The number of para-hydroxylation sites is 1. The fourth-order valence-electron chi connectivity index (χ4n) is 1.71. The van der Waals surface area contributed by atoms with Crippen LogP contribution < -0.4 is 0 Å². The number of aromatic nitrogens is 2. The van der Waals surface area contributed by atoms with E-state index < -0.39 is 0 Å². The molecular weight excluding hydrogens is 276 g/mol. The van der Waals surface area contributed by atoms with E-state index in [0.29, 0.717) is 0 Å². The van der Waals surface area contributed by atoms with Crippen molar-refractivity contribution in [3.8, 4) is 0 Å². The molecule has 1 aromatic carbocycles. The minimum Gasteiger partial charge on any atom is -0.439 e. The minimum absolute atomic E-state index is 0.0394. The van der Waals surface area contributed by atoms with Gasteiger partial charge in [0.2, 0.25) is 17.3 Å². The van der Waals surface area contributed by atoms with Crippen LogP contribution in [0.4, 0.5) is 0 Å². The fraction of sp³-hybridized carbons (Fsp3) is 0. The number of carbonyl (C=O) groups is 2. The smallest absolute Gasteiger partial charge is 0.223 e.